The SMILES string of the molecule is CCCCCCCC/C=C\CCCCCCCCOC(=O)CS(=O)(=O)[O-].[Na+]. The molecule has 27 heavy (non-hydrogen) atoms. The van der Waals surface area contributed by atoms with Crippen LogP contribution in [0.15, 0.2) is 12.2 Å². The summed E-state index contributed by atoms with van der Waals surface area (Å²) < 4.78 is 35.8. The Labute approximate surface area is 188 Å². The average molecular weight is 413 g/mol. The molecule has 0 unspecified atom stereocenters. The Morgan fingerprint density at radius 1 is 0.815 bits per heavy atom. The van der Waals surface area contributed by atoms with Crippen LogP contribution in [0.5, 0.6) is 0 Å². The number of hydrogen-bond acceptors (Lipinski definition) is 5. The maximum Gasteiger partial charge on any atom is 1.00 e. The molecule has 0 atom stereocenters. The smallest absolute Gasteiger partial charge is 0.748 e. The van der Waals surface area contributed by atoms with Crippen molar-refractivity contribution in [3.8, 4) is 0 Å². The Balaban J connectivity index is 0. The fourth-order valence-electron chi connectivity index (χ4n) is 2.72. The standard InChI is InChI=1S/C20H38O5S.Na/c1-2-3-4-5-6-7-8-9-10-11-12-13-14-15-16-17-18-25-20(21)19-26(22,23)24;/h9-10H,2-8,11-19H2,1H3,(H,22,23,24);/q;+1/p-1/b10-9-;. The van der Waals surface area contributed by atoms with Gasteiger partial charge in [0.2, 0.25) is 0 Å². The number of allylic oxidation sites excluding steroid dienone is 2. The van der Waals surface area contributed by atoms with E-state index < -0.39 is 21.8 Å². The summed E-state index contributed by atoms with van der Waals surface area (Å²) in [7, 11) is -4.53. The first kappa shape index (κ1) is 29.3. The third kappa shape index (κ3) is 26.1. The van der Waals surface area contributed by atoms with Gasteiger partial charge in [0.25, 0.3) is 0 Å². The van der Waals surface area contributed by atoms with Crippen LogP contribution in [0, 0.1) is 0 Å². The zero-order valence-electron chi connectivity index (χ0n) is 17.4. The van der Waals surface area contributed by atoms with E-state index in [4.69, 9.17) is 4.74 Å². The van der Waals surface area contributed by atoms with E-state index in [1.54, 1.807) is 0 Å². The second-order valence-corrected chi connectivity index (χ2v) is 8.26. The van der Waals surface area contributed by atoms with Crippen LogP contribution in [0.1, 0.15) is 96.8 Å². The van der Waals surface area contributed by atoms with Crippen LogP contribution >= 0.6 is 0 Å². The molecule has 0 fully saturated rings. The first-order chi connectivity index (χ1) is 12.5. The predicted octanol–water partition coefficient (Wildman–Crippen LogP) is 2.12. The molecule has 0 aliphatic carbocycles. The number of esters is 1. The molecule has 0 amide bonds. The van der Waals surface area contributed by atoms with Crippen molar-refractivity contribution in [2.45, 2.75) is 96.8 Å². The third-order valence-electron chi connectivity index (χ3n) is 4.21. The van der Waals surface area contributed by atoms with Crippen LogP contribution in [0.3, 0.4) is 0 Å². The molecule has 0 heterocycles. The van der Waals surface area contributed by atoms with Gasteiger partial charge >= 0.3 is 35.5 Å². The third-order valence-corrected chi connectivity index (χ3v) is 4.80. The van der Waals surface area contributed by atoms with Gasteiger partial charge < -0.3 is 9.29 Å². The normalized spacial score (nSPS) is 11.5. The fourth-order valence-corrected chi connectivity index (χ4v) is 3.09. The molecule has 0 aromatic heterocycles. The Hall–Kier alpha value is 0.120. The molecule has 0 N–H and O–H groups in total. The molecule has 0 aromatic rings. The molecular formula is C20H37NaO5S. The minimum absolute atomic E-state index is 0. The summed E-state index contributed by atoms with van der Waals surface area (Å²) in [6.45, 7) is 2.43. The van der Waals surface area contributed by atoms with Crippen LogP contribution in [-0.2, 0) is 19.6 Å². The van der Waals surface area contributed by atoms with Crippen LogP contribution < -0.4 is 29.6 Å². The van der Waals surface area contributed by atoms with Crippen molar-refractivity contribution in [2.75, 3.05) is 12.4 Å². The summed E-state index contributed by atoms with van der Waals surface area (Å²) in [5, 5.41) is 0. The molecule has 0 spiro atoms. The number of rotatable bonds is 18. The van der Waals surface area contributed by atoms with Crippen molar-refractivity contribution in [3.63, 3.8) is 0 Å². The topological polar surface area (TPSA) is 83.5 Å². The summed E-state index contributed by atoms with van der Waals surface area (Å²) in [5.74, 6) is -2.02. The molecule has 0 saturated heterocycles. The summed E-state index contributed by atoms with van der Waals surface area (Å²) in [5.41, 5.74) is 0. The number of carbonyl (C=O) groups is 1. The van der Waals surface area contributed by atoms with E-state index in [-0.39, 0.29) is 36.2 Å². The molecule has 0 aliphatic rings. The van der Waals surface area contributed by atoms with Gasteiger partial charge in [0.1, 0.15) is 15.9 Å². The van der Waals surface area contributed by atoms with Gasteiger partial charge in [-0.25, -0.2) is 8.42 Å². The monoisotopic (exact) mass is 412 g/mol. The quantitative estimate of drug-likeness (QED) is 0.113. The van der Waals surface area contributed by atoms with Crippen LogP contribution in [0.2, 0.25) is 0 Å². The van der Waals surface area contributed by atoms with Crippen LogP contribution in [0.25, 0.3) is 0 Å². The molecule has 7 heteroatoms. The minimum Gasteiger partial charge on any atom is -0.748 e. The largest absolute Gasteiger partial charge is 1.00 e. The van der Waals surface area contributed by atoms with E-state index in [0.717, 1.165) is 25.7 Å². The number of hydrogen-bond donors (Lipinski definition) is 0. The van der Waals surface area contributed by atoms with E-state index in [1.165, 1.54) is 57.8 Å². The van der Waals surface area contributed by atoms with Gasteiger partial charge in [0, 0.05) is 0 Å². The van der Waals surface area contributed by atoms with E-state index in [2.05, 4.69) is 19.1 Å². The molecule has 154 valence electrons. The van der Waals surface area contributed by atoms with Crippen molar-refractivity contribution in [2.24, 2.45) is 0 Å². The molecule has 0 radical (unpaired) electrons. The zero-order chi connectivity index (χ0) is 19.5. The Kier molecular flexibility index (Phi) is 22.6. The van der Waals surface area contributed by atoms with Crippen LogP contribution in [-0.4, -0.2) is 31.3 Å². The van der Waals surface area contributed by atoms with Crippen molar-refractivity contribution < 1.29 is 52.1 Å². The van der Waals surface area contributed by atoms with E-state index in [0.29, 0.717) is 6.42 Å². The first-order valence-electron chi connectivity index (χ1n) is 10.2. The minimum atomic E-state index is -4.53. The van der Waals surface area contributed by atoms with Crippen molar-refractivity contribution in [1.82, 2.24) is 0 Å². The van der Waals surface area contributed by atoms with Crippen molar-refractivity contribution in [1.29, 1.82) is 0 Å². The summed E-state index contributed by atoms with van der Waals surface area (Å²) >= 11 is 0. The van der Waals surface area contributed by atoms with Gasteiger partial charge in [-0.2, -0.15) is 0 Å². The van der Waals surface area contributed by atoms with Crippen molar-refractivity contribution >= 4 is 16.1 Å². The number of ether oxygens (including phenoxy) is 1. The van der Waals surface area contributed by atoms with E-state index in [9.17, 15) is 17.8 Å². The number of carbonyl (C=O) groups excluding carboxylic acids is 1. The van der Waals surface area contributed by atoms with Gasteiger partial charge in [-0.3, -0.25) is 4.79 Å². The van der Waals surface area contributed by atoms with Crippen LogP contribution in [0.4, 0.5) is 0 Å². The molecule has 0 saturated carbocycles. The Bertz CT molecular complexity index is 463. The summed E-state index contributed by atoms with van der Waals surface area (Å²) in [6, 6.07) is 0. The molecular weight excluding hydrogens is 375 g/mol. The first-order valence-corrected chi connectivity index (χ1v) is 11.8. The maximum absolute atomic E-state index is 11.0. The predicted molar refractivity (Wildman–Crippen MR) is 105 cm³/mol. The van der Waals surface area contributed by atoms with Gasteiger partial charge in [-0.15, -0.1) is 0 Å². The summed E-state index contributed by atoms with van der Waals surface area (Å²) in [4.78, 5) is 11.0. The molecule has 0 rings (SSSR count). The number of unbranched alkanes of at least 4 members (excludes halogenated alkanes) is 12. The molecule has 0 aliphatic heterocycles. The average Bonchev–Trinajstić information content (AvgIpc) is 2.56. The van der Waals surface area contributed by atoms with Gasteiger partial charge in [0.15, 0.2) is 0 Å². The molecule has 0 bridgehead atoms. The summed E-state index contributed by atoms with van der Waals surface area (Å²) in [6.07, 6.45) is 21.4. The second-order valence-electron chi connectivity index (χ2n) is 6.86. The van der Waals surface area contributed by atoms with Gasteiger partial charge in [-0.05, 0) is 32.1 Å². The van der Waals surface area contributed by atoms with E-state index in [1.807, 2.05) is 0 Å². The fraction of sp³-hybridized carbons (Fsp3) is 0.850. The van der Waals surface area contributed by atoms with Crippen molar-refractivity contribution in [3.05, 3.63) is 12.2 Å². The van der Waals surface area contributed by atoms with Gasteiger partial charge in [-0.1, -0.05) is 76.9 Å². The Morgan fingerprint density at radius 3 is 1.74 bits per heavy atom. The zero-order valence-corrected chi connectivity index (χ0v) is 20.2. The maximum atomic E-state index is 11.0. The second kappa shape index (κ2) is 20.8. The van der Waals surface area contributed by atoms with E-state index >= 15 is 0 Å². The molecule has 0 aromatic carbocycles. The Morgan fingerprint density at radius 2 is 1.26 bits per heavy atom. The van der Waals surface area contributed by atoms with Gasteiger partial charge in [0.05, 0.1) is 6.61 Å². The molecule has 5 nitrogen and oxygen atoms in total.